The minimum Gasteiger partial charge on any atom is -0.444 e. The van der Waals surface area contributed by atoms with Crippen LogP contribution in [0, 0.1) is 0 Å². The molecule has 4 heteroatoms. The summed E-state index contributed by atoms with van der Waals surface area (Å²) in [7, 11) is 0. The van der Waals surface area contributed by atoms with E-state index < -0.39 is 5.60 Å². The largest absolute Gasteiger partial charge is 0.444 e. The van der Waals surface area contributed by atoms with Crippen LogP contribution >= 0.6 is 22.6 Å². The van der Waals surface area contributed by atoms with Crippen LogP contribution in [0.1, 0.15) is 32.4 Å². The Bertz CT molecular complexity index is 692. The van der Waals surface area contributed by atoms with Gasteiger partial charge in [-0.1, -0.05) is 59.0 Å². The lowest BCUT2D eigenvalue weighted by molar-refractivity contribution is 0.0404. The first-order valence-electron chi connectivity index (χ1n) is 7.01. The van der Waals surface area contributed by atoms with E-state index in [4.69, 9.17) is 4.74 Å². The number of nitrogens with zero attached hydrogens (tertiary/aromatic N) is 1. The van der Waals surface area contributed by atoms with Gasteiger partial charge in [0.1, 0.15) is 9.65 Å². The second-order valence-corrected chi connectivity index (χ2v) is 7.59. The maximum Gasteiger partial charge on any atom is 0.411 e. The quantitative estimate of drug-likeness (QED) is 0.298. The van der Waals surface area contributed by atoms with Crippen molar-refractivity contribution in [1.29, 1.82) is 0 Å². The molecular weight excluding hydrogens is 377 g/mol. The first-order valence-corrected chi connectivity index (χ1v) is 8.25. The van der Waals surface area contributed by atoms with E-state index in [1.807, 2.05) is 32.9 Å². The van der Waals surface area contributed by atoms with E-state index in [9.17, 15) is 4.79 Å². The Morgan fingerprint density at radius 3 is 2.48 bits per heavy atom. The van der Waals surface area contributed by atoms with Crippen LogP contribution in [0.5, 0.6) is 0 Å². The van der Waals surface area contributed by atoms with Crippen molar-refractivity contribution in [2.75, 3.05) is 0 Å². The lowest BCUT2D eigenvalue weighted by Gasteiger charge is -2.20. The molecule has 0 bridgehead atoms. The number of rotatable bonds is 1. The Morgan fingerprint density at radius 1 is 1.14 bits per heavy atom. The van der Waals surface area contributed by atoms with Gasteiger partial charge in [0.25, 0.3) is 0 Å². The van der Waals surface area contributed by atoms with Crippen molar-refractivity contribution in [2.24, 2.45) is 0 Å². The van der Waals surface area contributed by atoms with Crippen LogP contribution < -0.4 is 0 Å². The van der Waals surface area contributed by atoms with Gasteiger partial charge in [0.15, 0.2) is 0 Å². The normalized spacial score (nSPS) is 21.4. The van der Waals surface area contributed by atoms with E-state index in [1.165, 1.54) is 16.3 Å². The van der Waals surface area contributed by atoms with Crippen molar-refractivity contribution < 1.29 is 9.53 Å². The molecule has 2 aromatic rings. The van der Waals surface area contributed by atoms with Crippen LogP contribution in [0.4, 0.5) is 4.79 Å². The average Bonchev–Trinajstić information content (AvgIpc) is 3.08. The van der Waals surface area contributed by atoms with Crippen LogP contribution in [0.2, 0.25) is 0 Å². The number of amides is 1. The average molecular weight is 395 g/mol. The minimum atomic E-state index is -0.454. The fraction of sp³-hybridized carbons (Fsp3) is 0.353. The molecule has 0 aromatic heterocycles. The summed E-state index contributed by atoms with van der Waals surface area (Å²) < 4.78 is 5.62. The van der Waals surface area contributed by atoms with Gasteiger partial charge in [0.2, 0.25) is 0 Å². The van der Waals surface area contributed by atoms with Crippen molar-refractivity contribution in [3.8, 4) is 0 Å². The highest BCUT2D eigenvalue weighted by molar-refractivity contribution is 14.1. The molecule has 1 heterocycles. The molecular formula is C17H18INO2. The summed E-state index contributed by atoms with van der Waals surface area (Å²) in [5.41, 5.74) is 0.711. The maximum absolute atomic E-state index is 12.2. The van der Waals surface area contributed by atoms with Gasteiger partial charge in [-0.05, 0) is 43.2 Å². The van der Waals surface area contributed by atoms with Crippen molar-refractivity contribution in [3.63, 3.8) is 0 Å². The lowest BCUT2D eigenvalue weighted by Crippen LogP contribution is -2.27. The number of ether oxygens (including phenoxy) is 1. The summed E-state index contributed by atoms with van der Waals surface area (Å²) in [6.07, 6.45) is -0.236. The Kier molecular flexibility index (Phi) is 3.59. The molecule has 3 rings (SSSR count). The zero-order chi connectivity index (χ0) is 15.2. The second kappa shape index (κ2) is 5.16. The topological polar surface area (TPSA) is 29.3 Å². The smallest absolute Gasteiger partial charge is 0.411 e. The maximum atomic E-state index is 12.2. The standard InChI is InChI=1S/C17H18INO2/c1-17(2,3)21-16(20)19-14(15(19)18)13-9-8-11-6-4-5-7-12(11)10-13/h4-10,14-15H,1-3H3/t14-,15-,19?/m1/s1. The van der Waals surface area contributed by atoms with Gasteiger partial charge in [0.05, 0.1) is 6.04 Å². The van der Waals surface area contributed by atoms with Crippen LogP contribution in [0.25, 0.3) is 10.8 Å². The molecule has 3 nitrogen and oxygen atoms in total. The number of benzene rings is 2. The van der Waals surface area contributed by atoms with Crippen molar-refractivity contribution >= 4 is 39.5 Å². The third-order valence-corrected chi connectivity index (χ3v) is 4.74. The third kappa shape index (κ3) is 3.00. The van der Waals surface area contributed by atoms with E-state index in [0.29, 0.717) is 0 Å². The first-order chi connectivity index (χ1) is 9.87. The van der Waals surface area contributed by atoms with Crippen molar-refractivity contribution in [3.05, 3.63) is 48.0 Å². The fourth-order valence-electron chi connectivity index (χ4n) is 2.44. The number of halogens is 1. The molecule has 0 radical (unpaired) electrons. The molecule has 1 saturated heterocycles. The first kappa shape index (κ1) is 14.6. The summed E-state index contributed by atoms with van der Waals surface area (Å²) in [6.45, 7) is 5.67. The summed E-state index contributed by atoms with van der Waals surface area (Å²) in [5, 5.41) is 2.42. The Labute approximate surface area is 138 Å². The Morgan fingerprint density at radius 2 is 1.81 bits per heavy atom. The van der Waals surface area contributed by atoms with E-state index in [1.54, 1.807) is 4.90 Å². The molecule has 0 spiro atoms. The molecule has 2 aromatic carbocycles. The van der Waals surface area contributed by atoms with Gasteiger partial charge in [-0.2, -0.15) is 0 Å². The monoisotopic (exact) mass is 395 g/mol. The number of fused-ring (bicyclic) bond motifs is 1. The van der Waals surface area contributed by atoms with Gasteiger partial charge >= 0.3 is 6.09 Å². The van der Waals surface area contributed by atoms with Gasteiger partial charge in [0, 0.05) is 0 Å². The lowest BCUT2D eigenvalue weighted by atomic mass is 10.1. The fourth-order valence-corrected chi connectivity index (χ4v) is 3.59. The number of hydrogen-bond acceptors (Lipinski definition) is 2. The van der Waals surface area contributed by atoms with Gasteiger partial charge in [-0.25, -0.2) is 4.79 Å². The summed E-state index contributed by atoms with van der Waals surface area (Å²) in [4.78, 5) is 14.0. The highest BCUT2D eigenvalue weighted by atomic mass is 127. The van der Waals surface area contributed by atoms with Crippen LogP contribution in [0.3, 0.4) is 0 Å². The Hall–Kier alpha value is -1.30. The third-order valence-electron chi connectivity index (χ3n) is 3.46. The zero-order valence-electron chi connectivity index (χ0n) is 12.3. The molecule has 0 unspecified atom stereocenters. The number of carbonyl (C=O) groups excluding carboxylic acids is 1. The molecule has 1 aliphatic heterocycles. The summed E-state index contributed by atoms with van der Waals surface area (Å²) >= 11 is 2.30. The van der Waals surface area contributed by atoms with Crippen molar-refractivity contribution in [1.82, 2.24) is 4.90 Å². The minimum absolute atomic E-state index is 0.116. The summed E-state index contributed by atoms with van der Waals surface area (Å²) in [5.74, 6) is 0. The summed E-state index contributed by atoms with van der Waals surface area (Å²) in [6, 6.07) is 14.8. The highest BCUT2D eigenvalue weighted by Crippen LogP contribution is 2.48. The van der Waals surface area contributed by atoms with E-state index >= 15 is 0 Å². The van der Waals surface area contributed by atoms with Gasteiger partial charge < -0.3 is 4.74 Å². The van der Waals surface area contributed by atoms with Crippen molar-refractivity contribution in [2.45, 2.75) is 36.5 Å². The van der Waals surface area contributed by atoms with E-state index in [0.717, 1.165) is 0 Å². The SMILES string of the molecule is CC(C)(C)OC(=O)N1[C@H](c2ccc3ccccc3c2)[C@@H]1I. The molecule has 1 aliphatic rings. The molecule has 0 saturated carbocycles. The van der Waals surface area contributed by atoms with Gasteiger partial charge in [-0.3, -0.25) is 4.90 Å². The predicted molar refractivity (Wildman–Crippen MR) is 92.6 cm³/mol. The van der Waals surface area contributed by atoms with E-state index in [-0.39, 0.29) is 16.2 Å². The van der Waals surface area contributed by atoms with Crippen LogP contribution in [-0.4, -0.2) is 20.6 Å². The molecule has 2 atom stereocenters. The van der Waals surface area contributed by atoms with Crippen LogP contribution in [0.15, 0.2) is 42.5 Å². The second-order valence-electron chi connectivity index (χ2n) is 6.31. The molecule has 110 valence electrons. The molecule has 1 fully saturated rings. The number of alkyl halides is 1. The Balaban J connectivity index is 1.82. The molecule has 0 aliphatic carbocycles. The molecule has 0 N–H and O–H groups in total. The highest BCUT2D eigenvalue weighted by Gasteiger charge is 2.52. The number of hydrogen-bond donors (Lipinski definition) is 0. The van der Waals surface area contributed by atoms with Crippen LogP contribution in [-0.2, 0) is 4.74 Å². The van der Waals surface area contributed by atoms with E-state index in [2.05, 4.69) is 52.9 Å². The zero-order valence-corrected chi connectivity index (χ0v) is 14.5. The predicted octanol–water partition coefficient (Wildman–Crippen LogP) is 4.89. The van der Waals surface area contributed by atoms with Gasteiger partial charge in [-0.15, -0.1) is 0 Å². The number of carbonyl (C=O) groups is 1. The molecule has 1 amide bonds. The molecule has 21 heavy (non-hydrogen) atoms.